The summed E-state index contributed by atoms with van der Waals surface area (Å²) in [5.74, 6) is 0.704. The lowest BCUT2D eigenvalue weighted by Crippen LogP contribution is -2.35. The maximum Gasteiger partial charge on any atom is 0.00503 e. The van der Waals surface area contributed by atoms with Gasteiger partial charge in [-0.3, -0.25) is 0 Å². The molecule has 0 radical (unpaired) electrons. The van der Waals surface area contributed by atoms with Crippen molar-refractivity contribution < 1.29 is 0 Å². The van der Waals surface area contributed by atoms with Crippen molar-refractivity contribution in [2.24, 2.45) is 5.41 Å². The maximum atomic E-state index is 2.70. The molecule has 0 aromatic heterocycles. The summed E-state index contributed by atoms with van der Waals surface area (Å²) in [6.45, 7) is 15.1. The van der Waals surface area contributed by atoms with Crippen molar-refractivity contribution in [2.75, 3.05) is 19.6 Å². The van der Waals surface area contributed by atoms with Gasteiger partial charge < -0.3 is 4.90 Å². The van der Waals surface area contributed by atoms with Crippen LogP contribution in [0.3, 0.4) is 0 Å². The van der Waals surface area contributed by atoms with Crippen LogP contribution in [0.25, 0.3) is 0 Å². The molecule has 1 aliphatic rings. The minimum Gasteiger partial charge on any atom is -0.303 e. The first kappa shape index (κ1) is 21.1. The van der Waals surface area contributed by atoms with Gasteiger partial charge in [0.15, 0.2) is 0 Å². The van der Waals surface area contributed by atoms with Gasteiger partial charge in [-0.25, -0.2) is 0 Å². The number of piperidine rings is 1. The molecule has 1 fully saturated rings. The lowest BCUT2D eigenvalue weighted by Gasteiger charge is -2.33. The molecule has 28 heavy (non-hydrogen) atoms. The summed E-state index contributed by atoms with van der Waals surface area (Å²) in [5.41, 5.74) is 7.72. The highest BCUT2D eigenvalue weighted by atomic mass is 15.1. The molecule has 2 aromatic rings. The number of likely N-dealkylation sites (tertiary alicyclic amines) is 1. The summed E-state index contributed by atoms with van der Waals surface area (Å²) in [6.07, 6.45) is 6.29. The van der Waals surface area contributed by atoms with E-state index in [1.807, 2.05) is 0 Å². The molecule has 1 aliphatic heterocycles. The topological polar surface area (TPSA) is 3.24 Å². The molecule has 0 bridgehead atoms. The number of nitrogens with zero attached hydrogens (tertiary/aromatic N) is 1. The Hall–Kier alpha value is -1.60. The Morgan fingerprint density at radius 3 is 2.54 bits per heavy atom. The van der Waals surface area contributed by atoms with Crippen molar-refractivity contribution >= 4 is 0 Å². The van der Waals surface area contributed by atoms with E-state index in [1.165, 1.54) is 67.6 Å². The van der Waals surface area contributed by atoms with Crippen molar-refractivity contribution in [2.45, 2.75) is 72.6 Å². The van der Waals surface area contributed by atoms with E-state index in [0.717, 1.165) is 6.42 Å². The van der Waals surface area contributed by atoms with Crippen LogP contribution in [0.4, 0.5) is 0 Å². The van der Waals surface area contributed by atoms with Crippen molar-refractivity contribution in [3.05, 3.63) is 70.3 Å². The summed E-state index contributed by atoms with van der Waals surface area (Å²) in [6, 6.07) is 16.4. The Morgan fingerprint density at radius 2 is 1.79 bits per heavy atom. The van der Waals surface area contributed by atoms with Gasteiger partial charge in [0.05, 0.1) is 0 Å². The van der Waals surface area contributed by atoms with Crippen LogP contribution in [0.1, 0.15) is 73.8 Å². The third kappa shape index (κ3) is 6.21. The third-order valence-corrected chi connectivity index (χ3v) is 6.17. The summed E-state index contributed by atoms with van der Waals surface area (Å²) in [7, 11) is 0. The van der Waals surface area contributed by atoms with Crippen LogP contribution in [-0.2, 0) is 12.8 Å². The average molecular weight is 378 g/mol. The molecular formula is C27H39N. The number of hydrogen-bond acceptors (Lipinski definition) is 1. The zero-order valence-corrected chi connectivity index (χ0v) is 18.7. The van der Waals surface area contributed by atoms with E-state index in [-0.39, 0.29) is 0 Å². The fraction of sp³-hybridized carbons (Fsp3) is 0.556. The van der Waals surface area contributed by atoms with Gasteiger partial charge in [0.2, 0.25) is 0 Å². The Bertz CT molecular complexity index is 768. The normalized spacial score (nSPS) is 18.4. The van der Waals surface area contributed by atoms with Crippen molar-refractivity contribution in [1.29, 1.82) is 0 Å². The third-order valence-electron chi connectivity index (χ3n) is 6.17. The fourth-order valence-electron chi connectivity index (χ4n) is 4.57. The average Bonchev–Trinajstić information content (AvgIpc) is 2.64. The lowest BCUT2D eigenvalue weighted by atomic mass is 9.85. The van der Waals surface area contributed by atoms with Gasteiger partial charge in [0.1, 0.15) is 0 Å². The lowest BCUT2D eigenvalue weighted by molar-refractivity contribution is 0.206. The molecule has 0 saturated carbocycles. The molecule has 1 unspecified atom stereocenters. The molecule has 1 saturated heterocycles. The number of hydrogen-bond donors (Lipinski definition) is 0. The molecule has 152 valence electrons. The van der Waals surface area contributed by atoms with E-state index in [9.17, 15) is 0 Å². The second-order valence-electron chi connectivity index (χ2n) is 10.1. The van der Waals surface area contributed by atoms with Crippen LogP contribution in [-0.4, -0.2) is 24.5 Å². The highest BCUT2D eigenvalue weighted by Gasteiger charge is 2.21. The van der Waals surface area contributed by atoms with Gasteiger partial charge in [-0.15, -0.1) is 0 Å². The summed E-state index contributed by atoms with van der Waals surface area (Å²) >= 11 is 0. The van der Waals surface area contributed by atoms with Crippen molar-refractivity contribution in [3.63, 3.8) is 0 Å². The SMILES string of the molecule is Cc1ccc(CCCN2CCCC(c3cccc(CC(C)(C)C)c3)C2)cc1C. The zero-order valence-electron chi connectivity index (χ0n) is 18.7. The Kier molecular flexibility index (Phi) is 6.99. The first-order valence-electron chi connectivity index (χ1n) is 11.2. The van der Waals surface area contributed by atoms with E-state index in [0.29, 0.717) is 11.3 Å². The Balaban J connectivity index is 1.54. The van der Waals surface area contributed by atoms with Gasteiger partial charge in [-0.05, 0) is 98.2 Å². The van der Waals surface area contributed by atoms with Crippen LogP contribution in [0.5, 0.6) is 0 Å². The van der Waals surface area contributed by atoms with E-state index in [1.54, 1.807) is 5.56 Å². The smallest absolute Gasteiger partial charge is 0.00503 e. The molecular weight excluding hydrogens is 338 g/mol. The zero-order chi connectivity index (χ0) is 20.1. The molecule has 1 atom stereocenters. The second kappa shape index (κ2) is 9.27. The first-order chi connectivity index (χ1) is 13.3. The number of rotatable bonds is 6. The van der Waals surface area contributed by atoms with Crippen LogP contribution < -0.4 is 0 Å². The van der Waals surface area contributed by atoms with E-state index in [4.69, 9.17) is 0 Å². The van der Waals surface area contributed by atoms with Crippen LogP contribution in [0.15, 0.2) is 42.5 Å². The second-order valence-corrected chi connectivity index (χ2v) is 10.1. The standard InChI is InChI=1S/C27H39N/c1-21-13-14-23(17-22(21)2)10-7-15-28-16-8-12-26(20-28)25-11-6-9-24(18-25)19-27(3,4)5/h6,9,11,13-14,17-18,26H,7-8,10,12,15-16,19-20H2,1-5H3. The molecule has 0 N–H and O–H groups in total. The minimum atomic E-state index is 0.353. The maximum absolute atomic E-state index is 2.70. The van der Waals surface area contributed by atoms with Gasteiger partial charge in [0.25, 0.3) is 0 Å². The molecule has 0 spiro atoms. The van der Waals surface area contributed by atoms with Gasteiger partial charge in [-0.2, -0.15) is 0 Å². The summed E-state index contributed by atoms with van der Waals surface area (Å²) in [5, 5.41) is 0. The molecule has 0 amide bonds. The monoisotopic (exact) mass is 377 g/mol. The van der Waals surface area contributed by atoms with Crippen LogP contribution in [0.2, 0.25) is 0 Å². The number of benzene rings is 2. The highest BCUT2D eigenvalue weighted by molar-refractivity contribution is 5.30. The quantitative estimate of drug-likeness (QED) is 0.541. The van der Waals surface area contributed by atoms with Crippen LogP contribution in [0, 0.1) is 19.3 Å². The number of aryl methyl sites for hydroxylation is 3. The van der Waals surface area contributed by atoms with Crippen LogP contribution >= 0.6 is 0 Å². The predicted molar refractivity (Wildman–Crippen MR) is 122 cm³/mol. The molecule has 1 nitrogen and oxygen atoms in total. The minimum absolute atomic E-state index is 0.353. The largest absolute Gasteiger partial charge is 0.303 e. The van der Waals surface area contributed by atoms with Gasteiger partial charge >= 0.3 is 0 Å². The Labute approximate surface area is 173 Å². The summed E-state index contributed by atoms with van der Waals surface area (Å²) < 4.78 is 0. The molecule has 3 rings (SSSR count). The van der Waals surface area contributed by atoms with Crippen molar-refractivity contribution in [3.8, 4) is 0 Å². The Morgan fingerprint density at radius 1 is 0.964 bits per heavy atom. The molecule has 0 aliphatic carbocycles. The van der Waals surface area contributed by atoms with E-state index in [2.05, 4.69) is 82.0 Å². The predicted octanol–water partition coefficient (Wildman–Crippen LogP) is 6.70. The van der Waals surface area contributed by atoms with Gasteiger partial charge in [0, 0.05) is 6.54 Å². The van der Waals surface area contributed by atoms with E-state index >= 15 is 0 Å². The molecule has 1 heterocycles. The molecule has 2 aromatic carbocycles. The molecule has 1 heteroatoms. The fourth-order valence-corrected chi connectivity index (χ4v) is 4.57. The highest BCUT2D eigenvalue weighted by Crippen LogP contribution is 2.29. The van der Waals surface area contributed by atoms with Crippen molar-refractivity contribution in [1.82, 2.24) is 4.90 Å². The summed E-state index contributed by atoms with van der Waals surface area (Å²) in [4.78, 5) is 2.70. The van der Waals surface area contributed by atoms with Gasteiger partial charge in [-0.1, -0.05) is 63.2 Å². The first-order valence-corrected chi connectivity index (χ1v) is 11.2. The van der Waals surface area contributed by atoms with E-state index < -0.39 is 0 Å².